The van der Waals surface area contributed by atoms with Gasteiger partial charge in [-0.25, -0.2) is 4.98 Å². The van der Waals surface area contributed by atoms with E-state index in [0.717, 1.165) is 67.1 Å². The summed E-state index contributed by atoms with van der Waals surface area (Å²) in [7, 11) is 0. The molecule has 1 saturated carbocycles. The summed E-state index contributed by atoms with van der Waals surface area (Å²) in [6, 6.07) is -0.0212. The SMILES string of the molecule is CC[C@@H]1CC2(CCC2)[C@@H](O)CCN[C@H](C(Cl)=Cc2csc(C)n2)CC2OC2(C)CCC[C@H](C)[C@@H]1O. The lowest BCUT2D eigenvalue weighted by atomic mass is 9.59. The van der Waals surface area contributed by atoms with Gasteiger partial charge in [0.25, 0.3) is 0 Å². The number of hydrogen-bond acceptors (Lipinski definition) is 6. The highest BCUT2D eigenvalue weighted by Crippen LogP contribution is 2.51. The van der Waals surface area contributed by atoms with Crippen LogP contribution >= 0.6 is 22.9 Å². The van der Waals surface area contributed by atoms with Crippen LogP contribution in [-0.2, 0) is 4.74 Å². The van der Waals surface area contributed by atoms with Crippen LogP contribution in [0.2, 0.25) is 0 Å². The summed E-state index contributed by atoms with van der Waals surface area (Å²) in [5, 5.41) is 30.0. The molecule has 1 aromatic rings. The van der Waals surface area contributed by atoms with Crippen molar-refractivity contribution in [1.82, 2.24) is 10.3 Å². The first-order valence-electron chi connectivity index (χ1n) is 13.7. The maximum Gasteiger partial charge on any atom is 0.0921 e. The lowest BCUT2D eigenvalue weighted by molar-refractivity contribution is -0.0756. The minimum atomic E-state index is -0.361. The summed E-state index contributed by atoms with van der Waals surface area (Å²) in [5.74, 6) is 0.504. The molecule has 0 amide bonds. The van der Waals surface area contributed by atoms with E-state index in [1.165, 1.54) is 6.42 Å². The van der Waals surface area contributed by atoms with Crippen molar-refractivity contribution in [1.29, 1.82) is 0 Å². The highest BCUT2D eigenvalue weighted by molar-refractivity contribution is 7.09. The number of aromatic nitrogens is 1. The molecule has 1 spiro atoms. The largest absolute Gasteiger partial charge is 0.393 e. The molecule has 0 bridgehead atoms. The number of epoxide rings is 1. The second-order valence-electron chi connectivity index (χ2n) is 11.7. The highest BCUT2D eigenvalue weighted by atomic mass is 35.5. The number of halogens is 1. The Morgan fingerprint density at radius 2 is 2.06 bits per heavy atom. The van der Waals surface area contributed by atoms with Crippen molar-refractivity contribution >= 4 is 29.0 Å². The minimum Gasteiger partial charge on any atom is -0.393 e. The van der Waals surface area contributed by atoms with Gasteiger partial charge >= 0.3 is 0 Å². The van der Waals surface area contributed by atoms with E-state index in [1.807, 2.05) is 18.4 Å². The van der Waals surface area contributed by atoms with E-state index in [-0.39, 0.29) is 47.2 Å². The van der Waals surface area contributed by atoms with E-state index in [4.69, 9.17) is 16.3 Å². The molecule has 3 N–H and O–H groups in total. The predicted octanol–water partition coefficient (Wildman–Crippen LogP) is 6.06. The number of aliphatic hydroxyl groups is 2. The molecule has 2 unspecified atom stereocenters. The van der Waals surface area contributed by atoms with Crippen molar-refractivity contribution in [2.24, 2.45) is 17.3 Å². The van der Waals surface area contributed by atoms with Crippen LogP contribution in [0.4, 0.5) is 0 Å². The monoisotopic (exact) mass is 524 g/mol. The van der Waals surface area contributed by atoms with Gasteiger partial charge in [-0.3, -0.25) is 0 Å². The van der Waals surface area contributed by atoms with Crippen LogP contribution in [0.5, 0.6) is 0 Å². The number of ether oxygens (including phenoxy) is 1. The third-order valence-electron chi connectivity index (χ3n) is 9.20. The fourth-order valence-electron chi connectivity index (χ4n) is 6.45. The zero-order valence-electron chi connectivity index (χ0n) is 21.9. The number of fused-ring (bicyclic) bond motifs is 1. The standard InChI is InChI=1S/C28H45ClN2O3S/c1-5-20-16-28(11-7-12-28)24(32)9-13-30-23(22(29)14-21-17-35-19(3)31-21)15-25-27(4,34-25)10-6-8-18(2)26(20)33/h14,17-18,20,23-26,30,32-33H,5-13,15-16H2,1-4H3/t18-,20+,23-,24-,25?,26-,27?/m0/s1. The van der Waals surface area contributed by atoms with Crippen LogP contribution in [0.15, 0.2) is 10.4 Å². The number of rotatable bonds is 3. The van der Waals surface area contributed by atoms with Gasteiger partial charge in [0.15, 0.2) is 0 Å². The predicted molar refractivity (Wildman–Crippen MR) is 145 cm³/mol. The molecule has 3 fully saturated rings. The summed E-state index contributed by atoms with van der Waals surface area (Å²) >= 11 is 8.48. The minimum absolute atomic E-state index is 0.0212. The van der Waals surface area contributed by atoms with Gasteiger partial charge in [-0.2, -0.15) is 0 Å². The van der Waals surface area contributed by atoms with Crippen molar-refractivity contribution in [3.8, 4) is 0 Å². The number of aliphatic hydroxyl groups excluding tert-OH is 2. The number of hydrogen-bond donors (Lipinski definition) is 3. The molecule has 4 rings (SSSR count). The first-order chi connectivity index (χ1) is 16.7. The molecule has 1 aromatic heterocycles. The Balaban J connectivity index is 1.51. The molecule has 35 heavy (non-hydrogen) atoms. The molecule has 1 aliphatic carbocycles. The van der Waals surface area contributed by atoms with Crippen LogP contribution < -0.4 is 5.32 Å². The molecule has 2 saturated heterocycles. The fraction of sp³-hybridized carbons (Fsp3) is 0.821. The Labute approximate surface area is 220 Å². The quantitative estimate of drug-likeness (QED) is 0.419. The van der Waals surface area contributed by atoms with Gasteiger partial charge in [-0.15, -0.1) is 11.3 Å². The summed E-state index contributed by atoms with van der Waals surface area (Å²) < 4.78 is 6.20. The van der Waals surface area contributed by atoms with Crippen LogP contribution in [0.1, 0.15) is 95.7 Å². The van der Waals surface area contributed by atoms with Gasteiger partial charge in [-0.05, 0) is 88.7 Å². The van der Waals surface area contributed by atoms with Gasteiger partial charge in [0, 0.05) is 16.5 Å². The van der Waals surface area contributed by atoms with Crippen LogP contribution in [-0.4, -0.2) is 51.7 Å². The van der Waals surface area contributed by atoms with Crippen molar-refractivity contribution in [3.05, 3.63) is 21.1 Å². The molecular weight excluding hydrogens is 480 g/mol. The van der Waals surface area contributed by atoms with E-state index in [9.17, 15) is 10.2 Å². The number of nitrogens with one attached hydrogen (secondary N) is 1. The average Bonchev–Trinajstić information content (AvgIpc) is 3.23. The van der Waals surface area contributed by atoms with Gasteiger partial charge in [0.05, 0.1) is 34.6 Å². The molecule has 0 aromatic carbocycles. The van der Waals surface area contributed by atoms with Gasteiger partial charge < -0.3 is 20.3 Å². The Hall–Kier alpha value is -0.500. The zero-order valence-corrected chi connectivity index (χ0v) is 23.5. The van der Waals surface area contributed by atoms with Crippen LogP contribution in [0.25, 0.3) is 6.08 Å². The Morgan fingerprint density at radius 1 is 1.29 bits per heavy atom. The van der Waals surface area contributed by atoms with Crippen LogP contribution in [0, 0.1) is 24.2 Å². The van der Waals surface area contributed by atoms with E-state index in [2.05, 4.69) is 31.1 Å². The maximum atomic E-state index is 11.3. The molecule has 3 aliphatic rings. The third kappa shape index (κ3) is 6.50. The van der Waals surface area contributed by atoms with E-state index in [1.54, 1.807) is 11.3 Å². The lowest BCUT2D eigenvalue weighted by Gasteiger charge is -2.48. The molecular formula is C28H45ClN2O3S. The topological polar surface area (TPSA) is 77.9 Å². The molecule has 198 valence electrons. The van der Waals surface area contributed by atoms with Crippen molar-refractivity contribution in [2.75, 3.05) is 6.54 Å². The second-order valence-corrected chi connectivity index (χ2v) is 13.2. The Morgan fingerprint density at radius 3 is 2.69 bits per heavy atom. The van der Waals surface area contributed by atoms with E-state index >= 15 is 0 Å². The van der Waals surface area contributed by atoms with E-state index in [0.29, 0.717) is 13.0 Å². The summed E-state index contributed by atoms with van der Waals surface area (Å²) in [5.41, 5.74) is 0.735. The zero-order chi connectivity index (χ0) is 25.2. The maximum absolute atomic E-state index is 11.3. The Kier molecular flexibility index (Phi) is 9.04. The second kappa shape index (κ2) is 11.5. The molecule has 7 heteroatoms. The smallest absolute Gasteiger partial charge is 0.0921 e. The first-order valence-corrected chi connectivity index (χ1v) is 15.0. The van der Waals surface area contributed by atoms with Gasteiger partial charge in [0.1, 0.15) is 0 Å². The van der Waals surface area contributed by atoms with Gasteiger partial charge in [-0.1, -0.05) is 44.7 Å². The third-order valence-corrected chi connectivity index (χ3v) is 10.4. The molecule has 2 aliphatic heterocycles. The highest BCUT2D eigenvalue weighted by Gasteiger charge is 2.52. The first kappa shape index (κ1) is 27.5. The van der Waals surface area contributed by atoms with Crippen molar-refractivity contribution < 1.29 is 14.9 Å². The molecule has 5 nitrogen and oxygen atoms in total. The fourth-order valence-corrected chi connectivity index (χ4v) is 7.30. The molecule has 3 heterocycles. The number of aryl methyl sites for hydroxylation is 1. The number of nitrogens with zero attached hydrogens (tertiary/aromatic N) is 1. The summed E-state index contributed by atoms with van der Waals surface area (Å²) in [6.45, 7) is 9.29. The van der Waals surface area contributed by atoms with Gasteiger partial charge in [0.2, 0.25) is 0 Å². The molecule has 7 atom stereocenters. The number of thiazole rings is 1. The average molecular weight is 525 g/mol. The Bertz CT molecular complexity index is 872. The van der Waals surface area contributed by atoms with Crippen molar-refractivity contribution in [2.45, 2.75) is 122 Å². The normalized spacial score (nSPS) is 39.1. The molecule has 0 radical (unpaired) electrons. The summed E-state index contributed by atoms with van der Waals surface area (Å²) in [6.07, 6.45) is 11.2. The van der Waals surface area contributed by atoms with Crippen LogP contribution in [0.3, 0.4) is 0 Å². The van der Waals surface area contributed by atoms with Crippen molar-refractivity contribution in [3.63, 3.8) is 0 Å². The summed E-state index contributed by atoms with van der Waals surface area (Å²) in [4.78, 5) is 4.55. The lowest BCUT2D eigenvalue weighted by Crippen LogP contribution is -2.46. The van der Waals surface area contributed by atoms with E-state index < -0.39 is 0 Å².